The Balaban J connectivity index is 2.14. The fourth-order valence-corrected chi connectivity index (χ4v) is 2.51. The lowest BCUT2D eigenvalue weighted by molar-refractivity contribution is 0.103. The van der Waals surface area contributed by atoms with E-state index in [1.165, 1.54) is 6.26 Å². The number of aryl methyl sites for hydroxylation is 2. The zero-order chi connectivity index (χ0) is 15.9. The van der Waals surface area contributed by atoms with Crippen molar-refractivity contribution in [1.82, 2.24) is 0 Å². The van der Waals surface area contributed by atoms with E-state index in [9.17, 15) is 9.90 Å². The van der Waals surface area contributed by atoms with Crippen molar-refractivity contribution in [2.75, 3.05) is 7.11 Å². The summed E-state index contributed by atoms with van der Waals surface area (Å²) in [4.78, 5) is 12.7. The second-order valence-corrected chi connectivity index (χ2v) is 5.33. The number of carbonyl (C=O) groups excluding carboxylic acids is 1. The van der Waals surface area contributed by atoms with Crippen molar-refractivity contribution < 1.29 is 19.1 Å². The molecule has 0 bridgehead atoms. The molecule has 0 spiro atoms. The number of carbonyl (C=O) groups is 1. The smallest absolute Gasteiger partial charge is 0.197 e. The fraction of sp³-hybridized carbons (Fsp3) is 0.167. The Morgan fingerprint density at radius 2 is 1.95 bits per heavy atom. The highest BCUT2D eigenvalue weighted by molar-refractivity contribution is 6.16. The summed E-state index contributed by atoms with van der Waals surface area (Å²) in [6, 6.07) is 8.91. The summed E-state index contributed by atoms with van der Waals surface area (Å²) in [5.41, 5.74) is 2.94. The molecule has 0 unspecified atom stereocenters. The molecule has 22 heavy (non-hydrogen) atoms. The van der Waals surface area contributed by atoms with Gasteiger partial charge in [-0.15, -0.1) is 0 Å². The molecular formula is C18H16O4. The van der Waals surface area contributed by atoms with Gasteiger partial charge in [-0.3, -0.25) is 4.79 Å². The van der Waals surface area contributed by atoms with Crippen LogP contribution in [0.4, 0.5) is 0 Å². The number of phenolic OH excluding ortho intramolecular Hbond substituents is 1. The summed E-state index contributed by atoms with van der Waals surface area (Å²) in [7, 11) is 1.57. The van der Waals surface area contributed by atoms with Crippen molar-refractivity contribution in [3.63, 3.8) is 0 Å². The monoisotopic (exact) mass is 296 g/mol. The summed E-state index contributed by atoms with van der Waals surface area (Å²) in [6.45, 7) is 3.69. The molecule has 3 aromatic rings. The molecule has 0 atom stereocenters. The maximum Gasteiger partial charge on any atom is 0.197 e. The van der Waals surface area contributed by atoms with E-state index in [1.807, 2.05) is 13.0 Å². The molecule has 1 heterocycles. The molecule has 0 fully saturated rings. The Bertz CT molecular complexity index is 874. The Morgan fingerprint density at radius 3 is 2.68 bits per heavy atom. The molecule has 0 aliphatic rings. The molecule has 4 nitrogen and oxygen atoms in total. The van der Waals surface area contributed by atoms with Crippen LogP contribution in [0.25, 0.3) is 11.0 Å². The first-order valence-corrected chi connectivity index (χ1v) is 6.91. The van der Waals surface area contributed by atoms with Crippen LogP contribution in [0.15, 0.2) is 41.0 Å². The van der Waals surface area contributed by atoms with E-state index in [2.05, 4.69) is 0 Å². The zero-order valence-corrected chi connectivity index (χ0v) is 12.6. The van der Waals surface area contributed by atoms with Gasteiger partial charge in [0.1, 0.15) is 12.0 Å². The first-order valence-electron chi connectivity index (χ1n) is 6.91. The number of hydrogen-bond donors (Lipinski definition) is 1. The molecule has 1 N–H and O–H groups in total. The maximum atomic E-state index is 12.7. The lowest BCUT2D eigenvalue weighted by atomic mass is 10.00. The molecule has 0 amide bonds. The van der Waals surface area contributed by atoms with Crippen LogP contribution in [-0.4, -0.2) is 18.0 Å². The van der Waals surface area contributed by atoms with Gasteiger partial charge in [-0.2, -0.15) is 0 Å². The third-order valence-electron chi connectivity index (χ3n) is 3.71. The van der Waals surface area contributed by atoms with Gasteiger partial charge in [0.25, 0.3) is 0 Å². The van der Waals surface area contributed by atoms with Gasteiger partial charge in [0.05, 0.1) is 12.7 Å². The van der Waals surface area contributed by atoms with E-state index >= 15 is 0 Å². The van der Waals surface area contributed by atoms with Gasteiger partial charge in [-0.05, 0) is 49.2 Å². The molecular weight excluding hydrogens is 280 g/mol. The largest absolute Gasteiger partial charge is 0.504 e. The number of phenols is 1. The molecule has 0 saturated heterocycles. The number of benzene rings is 2. The summed E-state index contributed by atoms with van der Waals surface area (Å²) in [5, 5.41) is 10.6. The fourth-order valence-electron chi connectivity index (χ4n) is 2.51. The van der Waals surface area contributed by atoms with Gasteiger partial charge in [0, 0.05) is 10.9 Å². The molecule has 1 aromatic heterocycles. The SMILES string of the molecule is COc1cc(C)cc(C(=O)c2coc3c(O)c(C)ccc23)c1. The van der Waals surface area contributed by atoms with Gasteiger partial charge in [-0.25, -0.2) is 0 Å². The van der Waals surface area contributed by atoms with Crippen LogP contribution in [-0.2, 0) is 0 Å². The Kier molecular flexibility index (Phi) is 3.37. The van der Waals surface area contributed by atoms with Crippen molar-refractivity contribution >= 4 is 16.8 Å². The van der Waals surface area contributed by atoms with Gasteiger partial charge in [-0.1, -0.05) is 6.07 Å². The number of methoxy groups -OCH3 is 1. The lowest BCUT2D eigenvalue weighted by Crippen LogP contribution is -2.01. The second-order valence-electron chi connectivity index (χ2n) is 5.33. The van der Waals surface area contributed by atoms with Gasteiger partial charge < -0.3 is 14.3 Å². The van der Waals surface area contributed by atoms with E-state index in [0.717, 1.165) is 5.56 Å². The molecule has 2 aromatic carbocycles. The Morgan fingerprint density at radius 1 is 1.18 bits per heavy atom. The van der Waals surface area contributed by atoms with E-state index in [4.69, 9.17) is 9.15 Å². The molecule has 112 valence electrons. The predicted octanol–water partition coefficient (Wildman–Crippen LogP) is 3.99. The third kappa shape index (κ3) is 2.22. The first kappa shape index (κ1) is 14.2. The van der Waals surface area contributed by atoms with Crippen molar-refractivity contribution in [1.29, 1.82) is 0 Å². The third-order valence-corrected chi connectivity index (χ3v) is 3.71. The minimum Gasteiger partial charge on any atom is -0.504 e. The maximum absolute atomic E-state index is 12.7. The van der Waals surface area contributed by atoms with E-state index < -0.39 is 0 Å². The second kappa shape index (κ2) is 5.22. The highest BCUT2D eigenvalue weighted by Crippen LogP contribution is 2.33. The lowest BCUT2D eigenvalue weighted by Gasteiger charge is -2.05. The summed E-state index contributed by atoms with van der Waals surface area (Å²) >= 11 is 0. The van der Waals surface area contributed by atoms with Crippen molar-refractivity contribution in [2.45, 2.75) is 13.8 Å². The number of hydrogen-bond acceptors (Lipinski definition) is 4. The first-order chi connectivity index (χ1) is 10.5. The Labute approximate surface area is 127 Å². The molecule has 0 aliphatic carbocycles. The Hall–Kier alpha value is -2.75. The highest BCUT2D eigenvalue weighted by Gasteiger charge is 2.19. The van der Waals surface area contributed by atoms with Gasteiger partial charge in [0.2, 0.25) is 0 Å². The van der Waals surface area contributed by atoms with Crippen molar-refractivity contribution in [2.24, 2.45) is 0 Å². The number of ketones is 1. The number of fused-ring (bicyclic) bond motifs is 1. The number of aromatic hydroxyl groups is 1. The number of ether oxygens (including phenoxy) is 1. The van der Waals surface area contributed by atoms with Crippen molar-refractivity contribution in [3.8, 4) is 11.5 Å². The predicted molar refractivity (Wildman–Crippen MR) is 83.8 cm³/mol. The van der Waals surface area contributed by atoms with Gasteiger partial charge in [0.15, 0.2) is 17.1 Å². The summed E-state index contributed by atoms with van der Waals surface area (Å²) in [5.74, 6) is 0.539. The average molecular weight is 296 g/mol. The quantitative estimate of drug-likeness (QED) is 0.742. The minimum absolute atomic E-state index is 0.0679. The van der Waals surface area contributed by atoms with Crippen molar-refractivity contribution in [3.05, 3.63) is 58.8 Å². The standard InChI is InChI=1S/C18H16O4/c1-10-6-12(8-13(7-10)21-3)17(20)15-9-22-18-14(15)5-4-11(2)16(18)19/h4-9,19H,1-3H3. The highest BCUT2D eigenvalue weighted by atomic mass is 16.5. The summed E-state index contributed by atoms with van der Waals surface area (Å²) < 4.78 is 10.6. The topological polar surface area (TPSA) is 59.7 Å². The average Bonchev–Trinajstić information content (AvgIpc) is 2.94. The minimum atomic E-state index is -0.163. The number of rotatable bonds is 3. The van der Waals surface area contributed by atoms with Crippen LogP contribution in [0.5, 0.6) is 11.5 Å². The zero-order valence-electron chi connectivity index (χ0n) is 12.6. The molecule has 0 radical (unpaired) electrons. The number of furan rings is 1. The molecule has 0 aliphatic heterocycles. The summed E-state index contributed by atoms with van der Waals surface area (Å²) in [6.07, 6.45) is 1.39. The molecule has 4 heteroatoms. The van der Waals surface area contributed by atoms with Crippen LogP contribution in [0.1, 0.15) is 27.0 Å². The molecule has 0 saturated carbocycles. The van der Waals surface area contributed by atoms with Crippen LogP contribution in [0.3, 0.4) is 0 Å². The molecule has 3 rings (SSSR count). The van der Waals surface area contributed by atoms with Crippen LogP contribution >= 0.6 is 0 Å². The van der Waals surface area contributed by atoms with Gasteiger partial charge >= 0.3 is 0 Å². The van der Waals surface area contributed by atoms with Crippen LogP contribution < -0.4 is 4.74 Å². The van der Waals surface area contributed by atoms with Crippen LogP contribution in [0.2, 0.25) is 0 Å². The van der Waals surface area contributed by atoms with E-state index in [1.54, 1.807) is 38.3 Å². The normalized spacial score (nSPS) is 10.9. The van der Waals surface area contributed by atoms with E-state index in [-0.39, 0.29) is 11.5 Å². The van der Waals surface area contributed by atoms with Crippen LogP contribution in [0, 0.1) is 13.8 Å². The van der Waals surface area contributed by atoms with E-state index in [0.29, 0.717) is 33.4 Å².